The number of hydrogen-bond donors (Lipinski definition) is 2. The van der Waals surface area contributed by atoms with E-state index >= 15 is 0 Å². The standard InChI is InChI=1S/C11H12Br2N2O2S/c1-4-11(2,3)15-18(16,17)10-8(13)5-7(12)6-9(10)14/h1,5-6,15H,14H2,2-3H3. The zero-order valence-electron chi connectivity index (χ0n) is 9.79. The number of terminal acetylenes is 1. The minimum Gasteiger partial charge on any atom is -0.398 e. The van der Waals surface area contributed by atoms with Gasteiger partial charge in [-0.2, -0.15) is 4.72 Å². The zero-order valence-corrected chi connectivity index (χ0v) is 13.8. The van der Waals surface area contributed by atoms with Crippen molar-refractivity contribution in [1.29, 1.82) is 0 Å². The molecule has 0 aliphatic carbocycles. The summed E-state index contributed by atoms with van der Waals surface area (Å²) in [6.45, 7) is 3.18. The van der Waals surface area contributed by atoms with Gasteiger partial charge in [0.05, 0.1) is 11.2 Å². The quantitative estimate of drug-likeness (QED) is 0.609. The van der Waals surface area contributed by atoms with Gasteiger partial charge in [0.2, 0.25) is 10.0 Å². The molecule has 0 aliphatic rings. The average molecular weight is 396 g/mol. The van der Waals surface area contributed by atoms with E-state index in [9.17, 15) is 8.42 Å². The molecule has 0 bridgehead atoms. The molecule has 4 nitrogen and oxygen atoms in total. The van der Waals surface area contributed by atoms with E-state index in [-0.39, 0.29) is 10.6 Å². The Labute approximate surface area is 124 Å². The predicted octanol–water partition coefficient (Wildman–Crippen LogP) is 2.48. The highest BCUT2D eigenvalue weighted by Crippen LogP contribution is 2.32. The largest absolute Gasteiger partial charge is 0.398 e. The normalized spacial score (nSPS) is 12.2. The molecule has 3 N–H and O–H groups in total. The van der Waals surface area contributed by atoms with Gasteiger partial charge < -0.3 is 5.73 Å². The fourth-order valence-electron chi connectivity index (χ4n) is 1.28. The summed E-state index contributed by atoms with van der Waals surface area (Å²) in [5.74, 6) is 2.36. The number of halogens is 2. The van der Waals surface area contributed by atoms with Crippen molar-refractivity contribution in [1.82, 2.24) is 4.72 Å². The molecule has 1 aromatic carbocycles. The Balaban J connectivity index is 3.36. The molecule has 0 heterocycles. The first-order valence-corrected chi connectivity index (χ1v) is 7.92. The zero-order chi connectivity index (χ0) is 14.1. The van der Waals surface area contributed by atoms with Crippen LogP contribution in [0.1, 0.15) is 13.8 Å². The van der Waals surface area contributed by atoms with Crippen LogP contribution in [-0.2, 0) is 10.0 Å². The lowest BCUT2D eigenvalue weighted by atomic mass is 10.1. The van der Waals surface area contributed by atoms with Crippen LogP contribution >= 0.6 is 31.9 Å². The lowest BCUT2D eigenvalue weighted by Crippen LogP contribution is -2.42. The third kappa shape index (κ3) is 3.48. The highest BCUT2D eigenvalue weighted by molar-refractivity contribution is 9.11. The molecule has 18 heavy (non-hydrogen) atoms. The molecule has 0 aromatic heterocycles. The van der Waals surface area contributed by atoms with Gasteiger partial charge in [0.15, 0.2) is 0 Å². The smallest absolute Gasteiger partial charge is 0.245 e. The molecule has 0 atom stereocenters. The van der Waals surface area contributed by atoms with E-state index in [1.165, 1.54) is 6.07 Å². The van der Waals surface area contributed by atoms with E-state index < -0.39 is 15.6 Å². The minimum absolute atomic E-state index is 0.0194. The molecule has 0 radical (unpaired) electrons. The lowest BCUT2D eigenvalue weighted by molar-refractivity contribution is 0.539. The van der Waals surface area contributed by atoms with Crippen LogP contribution in [0.25, 0.3) is 0 Å². The van der Waals surface area contributed by atoms with Crippen molar-refractivity contribution in [3.05, 3.63) is 21.1 Å². The highest BCUT2D eigenvalue weighted by Gasteiger charge is 2.28. The van der Waals surface area contributed by atoms with Crippen molar-refractivity contribution in [2.45, 2.75) is 24.3 Å². The van der Waals surface area contributed by atoms with Crippen LogP contribution in [0.15, 0.2) is 26.0 Å². The molecule has 0 saturated heterocycles. The number of nitrogen functional groups attached to an aromatic ring is 1. The summed E-state index contributed by atoms with van der Waals surface area (Å²) in [5, 5.41) is 0. The van der Waals surface area contributed by atoms with Crippen LogP contribution in [0, 0.1) is 12.3 Å². The topological polar surface area (TPSA) is 72.2 Å². The summed E-state index contributed by atoms with van der Waals surface area (Å²) in [5.41, 5.74) is 4.89. The molecular weight excluding hydrogens is 384 g/mol. The molecule has 0 saturated carbocycles. The summed E-state index contributed by atoms with van der Waals surface area (Å²) >= 11 is 6.41. The maximum atomic E-state index is 12.2. The third-order valence-electron chi connectivity index (χ3n) is 2.06. The Morgan fingerprint density at radius 1 is 1.39 bits per heavy atom. The molecule has 1 rings (SSSR count). The summed E-state index contributed by atoms with van der Waals surface area (Å²) in [6.07, 6.45) is 5.26. The highest BCUT2D eigenvalue weighted by atomic mass is 79.9. The van der Waals surface area contributed by atoms with Crippen molar-refractivity contribution in [3.63, 3.8) is 0 Å². The van der Waals surface area contributed by atoms with Gasteiger partial charge >= 0.3 is 0 Å². The predicted molar refractivity (Wildman–Crippen MR) is 79.5 cm³/mol. The molecule has 0 spiro atoms. The van der Waals surface area contributed by atoms with Crippen LogP contribution in [-0.4, -0.2) is 14.0 Å². The first kappa shape index (κ1) is 15.5. The number of nitrogens with two attached hydrogens (primary N) is 1. The Bertz CT molecular complexity index is 595. The van der Waals surface area contributed by atoms with Gasteiger partial charge in [0.25, 0.3) is 0 Å². The van der Waals surface area contributed by atoms with Crippen LogP contribution in [0.2, 0.25) is 0 Å². The molecule has 0 unspecified atom stereocenters. The molecule has 0 amide bonds. The lowest BCUT2D eigenvalue weighted by Gasteiger charge is -2.20. The Hall–Kier alpha value is -0.550. The Morgan fingerprint density at radius 2 is 1.94 bits per heavy atom. The van der Waals surface area contributed by atoms with Gasteiger partial charge in [0.1, 0.15) is 4.90 Å². The molecule has 0 fully saturated rings. The van der Waals surface area contributed by atoms with E-state index in [0.717, 1.165) is 0 Å². The second kappa shape index (κ2) is 5.21. The van der Waals surface area contributed by atoms with E-state index in [2.05, 4.69) is 42.5 Å². The van der Waals surface area contributed by atoms with Crippen molar-refractivity contribution in [2.24, 2.45) is 0 Å². The van der Waals surface area contributed by atoms with Crippen molar-refractivity contribution in [3.8, 4) is 12.3 Å². The van der Waals surface area contributed by atoms with Gasteiger partial charge in [0, 0.05) is 8.95 Å². The third-order valence-corrected chi connectivity index (χ3v) is 5.17. The minimum atomic E-state index is -3.79. The van der Waals surface area contributed by atoms with Gasteiger partial charge in [-0.1, -0.05) is 21.9 Å². The van der Waals surface area contributed by atoms with E-state index in [1.54, 1.807) is 19.9 Å². The van der Waals surface area contributed by atoms with Gasteiger partial charge in [-0.3, -0.25) is 0 Å². The average Bonchev–Trinajstić information content (AvgIpc) is 2.13. The van der Waals surface area contributed by atoms with Crippen molar-refractivity contribution < 1.29 is 8.42 Å². The number of sulfonamides is 1. The van der Waals surface area contributed by atoms with Crippen LogP contribution < -0.4 is 10.5 Å². The first-order chi connectivity index (χ1) is 8.09. The van der Waals surface area contributed by atoms with Crippen molar-refractivity contribution in [2.75, 3.05) is 5.73 Å². The summed E-state index contributed by atoms with van der Waals surface area (Å²) < 4.78 is 27.9. The number of rotatable bonds is 3. The molecule has 0 aliphatic heterocycles. The summed E-state index contributed by atoms with van der Waals surface area (Å²) in [6, 6.07) is 3.12. The van der Waals surface area contributed by atoms with Gasteiger partial charge in [-0.25, -0.2) is 8.42 Å². The summed E-state index contributed by atoms with van der Waals surface area (Å²) in [7, 11) is -3.79. The fourth-order valence-corrected chi connectivity index (χ4v) is 4.70. The Kier molecular flexibility index (Phi) is 4.49. The van der Waals surface area contributed by atoms with Gasteiger partial charge in [-0.05, 0) is 41.9 Å². The second-order valence-corrected chi connectivity index (χ2v) is 7.57. The number of hydrogen-bond acceptors (Lipinski definition) is 3. The van der Waals surface area contributed by atoms with Crippen LogP contribution in [0.4, 0.5) is 5.69 Å². The molecule has 7 heteroatoms. The van der Waals surface area contributed by atoms with E-state index in [4.69, 9.17) is 12.2 Å². The molecule has 1 aromatic rings. The van der Waals surface area contributed by atoms with Crippen LogP contribution in [0.3, 0.4) is 0 Å². The first-order valence-electron chi connectivity index (χ1n) is 4.85. The van der Waals surface area contributed by atoms with Gasteiger partial charge in [-0.15, -0.1) is 6.42 Å². The molecular formula is C11H12Br2N2O2S. The number of anilines is 1. The van der Waals surface area contributed by atoms with Crippen LogP contribution in [0.5, 0.6) is 0 Å². The molecule has 98 valence electrons. The van der Waals surface area contributed by atoms with E-state index in [0.29, 0.717) is 8.95 Å². The number of benzene rings is 1. The maximum absolute atomic E-state index is 12.2. The van der Waals surface area contributed by atoms with Crippen molar-refractivity contribution >= 4 is 47.6 Å². The fraction of sp³-hybridized carbons (Fsp3) is 0.273. The summed E-state index contributed by atoms with van der Waals surface area (Å²) in [4.78, 5) is -0.0194. The Morgan fingerprint density at radius 3 is 2.39 bits per heavy atom. The van der Waals surface area contributed by atoms with E-state index in [1.807, 2.05) is 0 Å². The monoisotopic (exact) mass is 394 g/mol. The maximum Gasteiger partial charge on any atom is 0.245 e. The SMILES string of the molecule is C#CC(C)(C)NS(=O)(=O)c1c(N)cc(Br)cc1Br. The number of nitrogens with one attached hydrogen (secondary N) is 1. The second-order valence-electron chi connectivity index (χ2n) is 4.18.